The van der Waals surface area contributed by atoms with Crippen LogP contribution in [0.15, 0.2) is 5.16 Å². The fraction of sp³-hybridized carbons (Fsp3) is 0.588. The van der Waals surface area contributed by atoms with Gasteiger partial charge in [-0.15, -0.1) is 5.10 Å². The molecule has 26 heavy (non-hydrogen) atoms. The van der Waals surface area contributed by atoms with Crippen molar-refractivity contribution in [3.05, 3.63) is 16.8 Å². The van der Waals surface area contributed by atoms with E-state index in [1.807, 2.05) is 13.8 Å². The summed E-state index contributed by atoms with van der Waals surface area (Å²) in [6.07, 6.45) is 5.80. The molecule has 0 aliphatic heterocycles. The van der Waals surface area contributed by atoms with Gasteiger partial charge in [0.25, 0.3) is 0 Å². The number of carbonyl (C=O) groups is 1. The van der Waals surface area contributed by atoms with E-state index in [1.165, 1.54) is 35.7 Å². The van der Waals surface area contributed by atoms with E-state index >= 15 is 0 Å². The Bertz CT molecular complexity index is 842. The lowest BCUT2D eigenvalue weighted by atomic mass is 9.95. The van der Waals surface area contributed by atoms with Crippen LogP contribution in [0, 0.1) is 25.2 Å². The lowest BCUT2D eigenvalue weighted by Crippen LogP contribution is -2.22. The van der Waals surface area contributed by atoms with Gasteiger partial charge < -0.3 is 9.88 Å². The molecule has 1 amide bonds. The third kappa shape index (κ3) is 3.60. The highest BCUT2D eigenvalue weighted by atomic mass is 32.2. The largest absolute Gasteiger partial charge is 0.327 e. The number of aromatic nitrogens is 5. The van der Waals surface area contributed by atoms with Gasteiger partial charge in [-0.2, -0.15) is 5.26 Å². The predicted molar refractivity (Wildman–Crippen MR) is 98.9 cm³/mol. The third-order valence-corrected chi connectivity index (χ3v) is 5.99. The highest BCUT2D eigenvalue weighted by Gasteiger charge is 2.26. The van der Waals surface area contributed by atoms with Crippen molar-refractivity contribution in [1.82, 2.24) is 24.8 Å². The summed E-state index contributed by atoms with van der Waals surface area (Å²) in [7, 11) is 1.73. The van der Waals surface area contributed by atoms with Crippen molar-refractivity contribution in [3.63, 3.8) is 0 Å². The van der Waals surface area contributed by atoms with Crippen molar-refractivity contribution in [2.24, 2.45) is 7.05 Å². The smallest absolute Gasteiger partial charge is 0.235 e. The molecule has 1 N–H and O–H groups in total. The van der Waals surface area contributed by atoms with Crippen LogP contribution >= 0.6 is 11.8 Å². The Labute approximate surface area is 156 Å². The molecule has 3 rings (SSSR count). The lowest BCUT2D eigenvalue weighted by Gasteiger charge is -2.27. The van der Waals surface area contributed by atoms with E-state index in [2.05, 4.69) is 31.5 Å². The second-order valence-electron chi connectivity index (χ2n) is 6.63. The van der Waals surface area contributed by atoms with Crippen LogP contribution < -0.4 is 5.32 Å². The molecule has 1 aliphatic rings. The highest BCUT2D eigenvalue weighted by Crippen LogP contribution is 2.36. The number of amides is 1. The number of nitrogens with zero attached hydrogens (tertiary/aromatic N) is 6. The van der Waals surface area contributed by atoms with E-state index < -0.39 is 0 Å². The first-order valence-corrected chi connectivity index (χ1v) is 9.78. The number of aryl methyl sites for hydroxylation is 1. The van der Waals surface area contributed by atoms with Gasteiger partial charge >= 0.3 is 0 Å². The highest BCUT2D eigenvalue weighted by molar-refractivity contribution is 7.99. The topological polar surface area (TPSA) is 101 Å². The number of nitriles is 1. The number of tetrazole rings is 1. The molecule has 9 heteroatoms. The standard InChI is InChI=1S/C17H23N7OS/c1-11-12(2)24(13-7-5-4-6-8-13)16(14(11)9-18)19-15(25)10-26-17-20-21-22-23(17)3/h13H,4-8,10H2,1-3H3,(H,19,25). The van der Waals surface area contributed by atoms with Gasteiger partial charge in [0.1, 0.15) is 11.9 Å². The fourth-order valence-electron chi connectivity index (χ4n) is 3.52. The summed E-state index contributed by atoms with van der Waals surface area (Å²) >= 11 is 1.27. The molecular formula is C17H23N7OS. The maximum atomic E-state index is 12.5. The maximum Gasteiger partial charge on any atom is 0.235 e. The second kappa shape index (κ2) is 7.91. The normalized spacial score (nSPS) is 15.0. The Balaban J connectivity index is 1.81. The first kappa shape index (κ1) is 18.5. The molecule has 2 heterocycles. The fourth-order valence-corrected chi connectivity index (χ4v) is 4.17. The SMILES string of the molecule is Cc1c(C#N)c(NC(=O)CSc2nnnn2C)n(C2CCCCC2)c1C. The molecule has 0 atom stereocenters. The molecule has 0 aromatic carbocycles. The van der Waals surface area contributed by atoms with Crippen LogP contribution in [-0.2, 0) is 11.8 Å². The molecule has 1 aliphatic carbocycles. The van der Waals surface area contributed by atoms with Crippen LogP contribution in [0.5, 0.6) is 0 Å². The van der Waals surface area contributed by atoms with E-state index in [0.717, 1.165) is 24.1 Å². The van der Waals surface area contributed by atoms with Gasteiger partial charge in [-0.3, -0.25) is 4.79 Å². The molecule has 0 bridgehead atoms. The zero-order valence-electron chi connectivity index (χ0n) is 15.3. The lowest BCUT2D eigenvalue weighted by molar-refractivity contribution is -0.113. The van der Waals surface area contributed by atoms with Gasteiger partial charge in [-0.25, -0.2) is 4.68 Å². The molecule has 0 saturated heterocycles. The minimum atomic E-state index is -0.163. The van der Waals surface area contributed by atoms with Gasteiger partial charge in [-0.05, 0) is 42.7 Å². The van der Waals surface area contributed by atoms with Gasteiger partial charge in [0.05, 0.1) is 11.3 Å². The summed E-state index contributed by atoms with van der Waals surface area (Å²) in [6.45, 7) is 3.98. The van der Waals surface area contributed by atoms with E-state index in [1.54, 1.807) is 7.05 Å². The van der Waals surface area contributed by atoms with Crippen LogP contribution in [0.4, 0.5) is 5.82 Å². The molecule has 1 saturated carbocycles. The number of hydrogen-bond acceptors (Lipinski definition) is 6. The zero-order chi connectivity index (χ0) is 18.7. The number of nitrogens with one attached hydrogen (secondary N) is 1. The number of hydrogen-bond donors (Lipinski definition) is 1. The minimum Gasteiger partial charge on any atom is -0.327 e. The first-order chi connectivity index (χ1) is 12.5. The van der Waals surface area contributed by atoms with Crippen LogP contribution in [-0.4, -0.2) is 36.4 Å². The van der Waals surface area contributed by atoms with Crippen molar-refractivity contribution < 1.29 is 4.79 Å². The Morgan fingerprint density at radius 2 is 2.08 bits per heavy atom. The van der Waals surface area contributed by atoms with Crippen LogP contribution in [0.25, 0.3) is 0 Å². The van der Waals surface area contributed by atoms with Gasteiger partial charge in [0.2, 0.25) is 11.1 Å². The predicted octanol–water partition coefficient (Wildman–Crippen LogP) is 2.74. The quantitative estimate of drug-likeness (QED) is 0.809. The van der Waals surface area contributed by atoms with E-state index in [-0.39, 0.29) is 11.7 Å². The molecule has 8 nitrogen and oxygen atoms in total. The Morgan fingerprint density at radius 3 is 2.69 bits per heavy atom. The Morgan fingerprint density at radius 1 is 1.35 bits per heavy atom. The number of rotatable bonds is 5. The van der Waals surface area contributed by atoms with E-state index in [9.17, 15) is 10.1 Å². The average Bonchev–Trinajstić information content (AvgIpc) is 3.15. The Hall–Kier alpha value is -2.34. The van der Waals surface area contributed by atoms with Crippen molar-refractivity contribution in [1.29, 1.82) is 5.26 Å². The molecule has 0 radical (unpaired) electrons. The van der Waals surface area contributed by atoms with Crippen molar-refractivity contribution in [2.75, 3.05) is 11.1 Å². The summed E-state index contributed by atoms with van der Waals surface area (Å²) in [5.74, 6) is 0.660. The maximum absolute atomic E-state index is 12.5. The summed E-state index contributed by atoms with van der Waals surface area (Å²) < 4.78 is 3.69. The van der Waals surface area contributed by atoms with Gasteiger partial charge in [0, 0.05) is 18.8 Å². The monoisotopic (exact) mass is 373 g/mol. The van der Waals surface area contributed by atoms with Gasteiger partial charge in [-0.1, -0.05) is 31.0 Å². The average molecular weight is 373 g/mol. The second-order valence-corrected chi connectivity index (χ2v) is 7.57. The van der Waals surface area contributed by atoms with Gasteiger partial charge in [0.15, 0.2) is 0 Å². The molecule has 0 unspecified atom stereocenters. The molecule has 0 spiro atoms. The van der Waals surface area contributed by atoms with E-state index in [4.69, 9.17) is 0 Å². The number of thioether (sulfide) groups is 1. The van der Waals surface area contributed by atoms with Crippen LogP contribution in [0.1, 0.15) is 55.0 Å². The molecule has 1 fully saturated rings. The molecule has 138 valence electrons. The first-order valence-electron chi connectivity index (χ1n) is 8.79. The molecular weight excluding hydrogens is 350 g/mol. The number of anilines is 1. The van der Waals surface area contributed by atoms with Crippen molar-refractivity contribution in [2.45, 2.75) is 57.1 Å². The van der Waals surface area contributed by atoms with Crippen LogP contribution in [0.3, 0.4) is 0 Å². The zero-order valence-corrected chi connectivity index (χ0v) is 16.1. The van der Waals surface area contributed by atoms with Crippen molar-refractivity contribution >= 4 is 23.5 Å². The summed E-state index contributed by atoms with van der Waals surface area (Å²) in [5, 5.41) is 24.3. The molecule has 2 aromatic heterocycles. The third-order valence-electron chi connectivity index (χ3n) is 4.98. The number of carbonyl (C=O) groups excluding carboxylic acids is 1. The summed E-state index contributed by atoms with van der Waals surface area (Å²) in [4.78, 5) is 12.5. The summed E-state index contributed by atoms with van der Waals surface area (Å²) in [5.41, 5.74) is 2.57. The minimum absolute atomic E-state index is 0.163. The summed E-state index contributed by atoms with van der Waals surface area (Å²) in [6, 6.07) is 2.61. The van der Waals surface area contributed by atoms with Crippen LogP contribution in [0.2, 0.25) is 0 Å². The van der Waals surface area contributed by atoms with E-state index in [0.29, 0.717) is 22.6 Å². The van der Waals surface area contributed by atoms with Crippen molar-refractivity contribution in [3.8, 4) is 6.07 Å². The Kier molecular flexibility index (Phi) is 5.61. The molecule has 2 aromatic rings.